The van der Waals surface area contributed by atoms with E-state index in [-0.39, 0.29) is 12.1 Å². The van der Waals surface area contributed by atoms with Gasteiger partial charge in [-0.15, -0.1) is 0 Å². The van der Waals surface area contributed by atoms with Gasteiger partial charge in [0.25, 0.3) is 5.91 Å². The fraction of sp³-hybridized carbons (Fsp3) is 0.214. The fourth-order valence-electron chi connectivity index (χ4n) is 2.36. The summed E-state index contributed by atoms with van der Waals surface area (Å²) in [5.41, 5.74) is 2.88. The molecule has 1 aliphatic rings. The van der Waals surface area contributed by atoms with Crippen molar-refractivity contribution >= 4 is 11.7 Å². The largest absolute Gasteiger partial charge is 0.346 e. The molecule has 2 N–H and O–H groups in total. The summed E-state index contributed by atoms with van der Waals surface area (Å²) in [6.45, 7) is 1.91. The van der Waals surface area contributed by atoms with Crippen LogP contribution in [0.2, 0.25) is 0 Å². The maximum atomic E-state index is 12.1. The number of nitrogens with one attached hydrogen (secondary N) is 2. The predicted molar refractivity (Wildman–Crippen MR) is 72.9 cm³/mol. The number of fused-ring (bicyclic) bond motifs is 1. The number of hydrogen-bond donors (Lipinski definition) is 2. The van der Waals surface area contributed by atoms with Gasteiger partial charge in [-0.1, -0.05) is 0 Å². The molecule has 6 heteroatoms. The summed E-state index contributed by atoms with van der Waals surface area (Å²) in [6.07, 6.45) is 1.26. The Hall–Kier alpha value is -2.81. The molecule has 0 radical (unpaired) electrons. The van der Waals surface area contributed by atoms with Crippen molar-refractivity contribution in [3.05, 3.63) is 46.9 Å². The van der Waals surface area contributed by atoms with Gasteiger partial charge in [0.15, 0.2) is 0 Å². The highest BCUT2D eigenvalue weighted by Gasteiger charge is 2.27. The summed E-state index contributed by atoms with van der Waals surface area (Å²) in [6, 6.07) is 7.36. The zero-order chi connectivity index (χ0) is 14.3. The lowest BCUT2D eigenvalue weighted by Crippen LogP contribution is -2.39. The van der Waals surface area contributed by atoms with Crippen LogP contribution in [0.5, 0.6) is 0 Å². The molecule has 20 heavy (non-hydrogen) atoms. The van der Waals surface area contributed by atoms with Crippen LogP contribution in [0.4, 0.5) is 5.82 Å². The Bertz CT molecular complexity index is 741. The standard InChI is InChI=1S/C14H13N5O/c1-8-11(6-9(7-15)19(8)2)13-17-12-10(14(20)18-13)4-3-5-16-12/h3-6,13H,1-2H3,(H,16,17)(H,18,20)/t13-/m0/s1. The average Bonchev–Trinajstić information content (AvgIpc) is 2.75. The first kappa shape index (κ1) is 12.2. The molecule has 6 nitrogen and oxygen atoms in total. The van der Waals surface area contributed by atoms with Crippen LogP contribution < -0.4 is 10.6 Å². The van der Waals surface area contributed by atoms with Gasteiger partial charge in [0.05, 0.1) is 5.56 Å². The molecule has 0 bridgehead atoms. The highest BCUT2D eigenvalue weighted by Crippen LogP contribution is 2.27. The number of nitrogens with zero attached hydrogens (tertiary/aromatic N) is 3. The van der Waals surface area contributed by atoms with Gasteiger partial charge in [-0.3, -0.25) is 4.79 Å². The minimum atomic E-state index is -0.377. The van der Waals surface area contributed by atoms with Crippen LogP contribution in [0.3, 0.4) is 0 Å². The van der Waals surface area contributed by atoms with Crippen LogP contribution in [-0.2, 0) is 7.05 Å². The van der Waals surface area contributed by atoms with Crippen molar-refractivity contribution in [1.82, 2.24) is 14.9 Å². The first-order valence-corrected chi connectivity index (χ1v) is 6.20. The van der Waals surface area contributed by atoms with Crippen molar-refractivity contribution in [2.75, 3.05) is 5.32 Å². The van der Waals surface area contributed by atoms with Crippen molar-refractivity contribution in [3.8, 4) is 6.07 Å². The molecule has 1 amide bonds. The lowest BCUT2D eigenvalue weighted by molar-refractivity contribution is 0.0935. The molecule has 0 aromatic carbocycles. The van der Waals surface area contributed by atoms with E-state index in [2.05, 4.69) is 21.7 Å². The maximum absolute atomic E-state index is 12.1. The van der Waals surface area contributed by atoms with Crippen LogP contribution in [0.15, 0.2) is 24.4 Å². The number of carbonyl (C=O) groups excluding carboxylic acids is 1. The molecular formula is C14H13N5O. The van der Waals surface area contributed by atoms with E-state index in [1.165, 1.54) is 0 Å². The van der Waals surface area contributed by atoms with E-state index in [0.29, 0.717) is 17.1 Å². The molecule has 0 aliphatic carbocycles. The van der Waals surface area contributed by atoms with E-state index < -0.39 is 0 Å². The molecular weight excluding hydrogens is 254 g/mol. The van der Waals surface area contributed by atoms with Crippen molar-refractivity contribution in [2.45, 2.75) is 13.1 Å². The lowest BCUT2D eigenvalue weighted by Gasteiger charge is -2.27. The van der Waals surface area contributed by atoms with Crippen LogP contribution in [0.25, 0.3) is 0 Å². The molecule has 2 aromatic rings. The Morgan fingerprint density at radius 2 is 2.25 bits per heavy atom. The summed E-state index contributed by atoms with van der Waals surface area (Å²) in [4.78, 5) is 16.3. The Morgan fingerprint density at radius 1 is 1.45 bits per heavy atom. The number of pyridine rings is 1. The van der Waals surface area contributed by atoms with E-state index in [1.807, 2.05) is 14.0 Å². The molecule has 2 aromatic heterocycles. The van der Waals surface area contributed by atoms with Gasteiger partial charge in [0, 0.05) is 24.5 Å². The first-order valence-electron chi connectivity index (χ1n) is 6.20. The Labute approximate surface area is 116 Å². The highest BCUT2D eigenvalue weighted by molar-refractivity contribution is 6.00. The Balaban J connectivity index is 2.03. The lowest BCUT2D eigenvalue weighted by atomic mass is 10.1. The van der Waals surface area contributed by atoms with Gasteiger partial charge in [0.2, 0.25) is 0 Å². The summed E-state index contributed by atoms with van der Waals surface area (Å²) in [5, 5.41) is 15.1. The summed E-state index contributed by atoms with van der Waals surface area (Å²) >= 11 is 0. The monoisotopic (exact) mass is 267 g/mol. The molecule has 0 fully saturated rings. The van der Waals surface area contributed by atoms with Crippen LogP contribution in [0, 0.1) is 18.3 Å². The predicted octanol–water partition coefficient (Wildman–Crippen LogP) is 1.45. The maximum Gasteiger partial charge on any atom is 0.256 e. The molecule has 100 valence electrons. The molecule has 0 unspecified atom stereocenters. The molecule has 1 aliphatic heterocycles. The number of nitriles is 1. The molecule has 3 rings (SSSR count). The SMILES string of the molecule is Cc1c([C@@H]2NC(=O)c3cccnc3N2)cc(C#N)n1C. The van der Waals surface area contributed by atoms with Crippen molar-refractivity contribution in [2.24, 2.45) is 7.05 Å². The third-order valence-electron chi connectivity index (χ3n) is 3.61. The molecule has 0 saturated heterocycles. The zero-order valence-electron chi connectivity index (χ0n) is 11.1. The Morgan fingerprint density at radius 3 is 2.95 bits per heavy atom. The minimum Gasteiger partial charge on any atom is -0.346 e. The second-order valence-corrected chi connectivity index (χ2v) is 4.69. The van der Waals surface area contributed by atoms with Crippen molar-refractivity contribution < 1.29 is 4.79 Å². The molecule has 0 spiro atoms. The van der Waals surface area contributed by atoms with Gasteiger partial charge >= 0.3 is 0 Å². The van der Waals surface area contributed by atoms with Crippen LogP contribution in [0.1, 0.15) is 33.5 Å². The van der Waals surface area contributed by atoms with E-state index in [0.717, 1.165) is 11.3 Å². The number of aromatic nitrogens is 2. The number of anilines is 1. The van der Waals surface area contributed by atoms with Gasteiger partial charge in [-0.2, -0.15) is 5.26 Å². The van der Waals surface area contributed by atoms with Gasteiger partial charge < -0.3 is 15.2 Å². The van der Waals surface area contributed by atoms with E-state index in [4.69, 9.17) is 5.26 Å². The summed E-state index contributed by atoms with van der Waals surface area (Å²) in [7, 11) is 1.83. The highest BCUT2D eigenvalue weighted by atomic mass is 16.2. The number of carbonyl (C=O) groups is 1. The third-order valence-corrected chi connectivity index (χ3v) is 3.61. The number of rotatable bonds is 1. The smallest absolute Gasteiger partial charge is 0.256 e. The third kappa shape index (κ3) is 1.72. The second kappa shape index (κ2) is 4.38. The van der Waals surface area contributed by atoms with E-state index in [9.17, 15) is 4.79 Å². The molecule has 3 heterocycles. The first-order chi connectivity index (χ1) is 9.61. The van der Waals surface area contributed by atoms with Crippen molar-refractivity contribution in [1.29, 1.82) is 5.26 Å². The van der Waals surface area contributed by atoms with E-state index in [1.54, 1.807) is 29.0 Å². The average molecular weight is 267 g/mol. The van der Waals surface area contributed by atoms with Crippen LogP contribution in [-0.4, -0.2) is 15.5 Å². The van der Waals surface area contributed by atoms with Gasteiger partial charge in [0.1, 0.15) is 23.7 Å². The molecule has 1 atom stereocenters. The summed E-state index contributed by atoms with van der Waals surface area (Å²) in [5.74, 6) is 0.390. The Kier molecular flexibility index (Phi) is 2.68. The van der Waals surface area contributed by atoms with Gasteiger partial charge in [-0.25, -0.2) is 4.98 Å². The van der Waals surface area contributed by atoms with Gasteiger partial charge in [-0.05, 0) is 25.1 Å². The summed E-state index contributed by atoms with van der Waals surface area (Å²) < 4.78 is 1.80. The minimum absolute atomic E-state index is 0.168. The quantitative estimate of drug-likeness (QED) is 0.819. The van der Waals surface area contributed by atoms with Crippen molar-refractivity contribution in [3.63, 3.8) is 0 Å². The number of hydrogen-bond acceptors (Lipinski definition) is 4. The van der Waals surface area contributed by atoms with Crippen LogP contribution >= 0.6 is 0 Å². The fourth-order valence-corrected chi connectivity index (χ4v) is 2.36. The zero-order valence-corrected chi connectivity index (χ0v) is 11.1. The topological polar surface area (TPSA) is 82.7 Å². The number of amides is 1. The van der Waals surface area contributed by atoms with E-state index >= 15 is 0 Å². The second-order valence-electron chi connectivity index (χ2n) is 4.69. The normalized spacial score (nSPS) is 16.9. The molecule has 0 saturated carbocycles.